The Balaban J connectivity index is 1.69. The van der Waals surface area contributed by atoms with Gasteiger partial charge in [-0.3, -0.25) is 4.79 Å². The molecule has 0 aliphatic rings. The first-order valence-corrected chi connectivity index (χ1v) is 8.83. The maximum atomic E-state index is 13.7. The van der Waals surface area contributed by atoms with E-state index in [1.54, 1.807) is 12.1 Å². The van der Waals surface area contributed by atoms with Crippen LogP contribution in [0.3, 0.4) is 0 Å². The van der Waals surface area contributed by atoms with Gasteiger partial charge in [0.2, 0.25) is 11.6 Å². The van der Waals surface area contributed by atoms with Crippen molar-refractivity contribution in [2.75, 3.05) is 5.73 Å². The Labute approximate surface area is 173 Å². The summed E-state index contributed by atoms with van der Waals surface area (Å²) >= 11 is 0. The number of hydrogen-bond donors (Lipinski definition) is 2. The zero-order valence-electron chi connectivity index (χ0n) is 16.0. The minimum atomic E-state index is -0.745. The van der Waals surface area contributed by atoms with Crippen molar-refractivity contribution in [2.45, 2.75) is 6.92 Å². The summed E-state index contributed by atoms with van der Waals surface area (Å²) in [6, 6.07) is 10.1. The van der Waals surface area contributed by atoms with Crippen molar-refractivity contribution in [3.63, 3.8) is 0 Å². The molecule has 0 aliphatic heterocycles. The van der Waals surface area contributed by atoms with Gasteiger partial charge in [0.1, 0.15) is 17.3 Å². The van der Waals surface area contributed by atoms with E-state index in [1.165, 1.54) is 4.68 Å². The number of anilines is 1. The number of hydrazone groups is 1. The van der Waals surface area contributed by atoms with Crippen LogP contribution in [0.4, 0.5) is 14.6 Å². The molecule has 2 aromatic carbocycles. The molecular weight excluding hydrogens is 410 g/mol. The minimum absolute atomic E-state index is 0.0486. The van der Waals surface area contributed by atoms with Crippen LogP contribution in [0.15, 0.2) is 52.2 Å². The highest BCUT2D eigenvalue weighted by atomic mass is 19.1. The number of nitrogens with two attached hydrogens (primary N) is 1. The average molecular weight is 424 g/mol. The lowest BCUT2D eigenvalue weighted by atomic mass is 10.1. The molecule has 12 heteroatoms. The monoisotopic (exact) mass is 424 g/mol. The van der Waals surface area contributed by atoms with Gasteiger partial charge in [0.05, 0.1) is 6.21 Å². The van der Waals surface area contributed by atoms with Crippen LogP contribution in [0.1, 0.15) is 21.6 Å². The van der Waals surface area contributed by atoms with Gasteiger partial charge < -0.3 is 5.73 Å². The predicted molar refractivity (Wildman–Crippen MR) is 105 cm³/mol. The number of rotatable bonds is 5. The maximum Gasteiger partial charge on any atom is 0.294 e. The van der Waals surface area contributed by atoms with Gasteiger partial charge in [-0.05, 0) is 35.4 Å². The fraction of sp³-hybridized carbons (Fsp3) is 0.0526. The van der Waals surface area contributed by atoms with Gasteiger partial charge in [-0.25, -0.2) is 18.8 Å². The summed E-state index contributed by atoms with van der Waals surface area (Å²) in [6.45, 7) is 1.91. The van der Waals surface area contributed by atoms with Crippen molar-refractivity contribution in [3.8, 4) is 17.1 Å². The summed E-state index contributed by atoms with van der Waals surface area (Å²) in [6.07, 6.45) is 0.978. The van der Waals surface area contributed by atoms with E-state index in [0.717, 1.165) is 30.0 Å². The first-order chi connectivity index (χ1) is 14.9. The van der Waals surface area contributed by atoms with E-state index in [4.69, 9.17) is 5.73 Å². The van der Waals surface area contributed by atoms with E-state index in [1.807, 2.05) is 19.1 Å². The largest absolute Gasteiger partial charge is 0.378 e. The molecule has 2 aromatic heterocycles. The van der Waals surface area contributed by atoms with E-state index in [9.17, 15) is 13.6 Å². The second kappa shape index (κ2) is 8.10. The van der Waals surface area contributed by atoms with Gasteiger partial charge in [-0.2, -0.15) is 9.78 Å². The molecule has 0 saturated heterocycles. The van der Waals surface area contributed by atoms with Crippen LogP contribution in [0.25, 0.3) is 17.1 Å². The van der Waals surface area contributed by atoms with Crippen molar-refractivity contribution in [3.05, 3.63) is 70.9 Å². The van der Waals surface area contributed by atoms with Gasteiger partial charge in [0, 0.05) is 11.1 Å². The molecule has 1 amide bonds. The van der Waals surface area contributed by atoms with Crippen LogP contribution in [0, 0.1) is 18.6 Å². The number of nitrogens with one attached hydrogen (secondary N) is 1. The maximum absolute atomic E-state index is 13.7. The van der Waals surface area contributed by atoms with Gasteiger partial charge in [-0.15, -0.1) is 5.10 Å². The number of amides is 1. The number of aryl methyl sites for hydroxylation is 1. The van der Waals surface area contributed by atoms with Crippen molar-refractivity contribution >= 4 is 17.9 Å². The molecule has 0 unspecified atom stereocenters. The lowest BCUT2D eigenvalue weighted by Gasteiger charge is -2.06. The second-order valence-electron chi connectivity index (χ2n) is 6.40. The first kappa shape index (κ1) is 19.8. The summed E-state index contributed by atoms with van der Waals surface area (Å²) in [7, 11) is 0. The van der Waals surface area contributed by atoms with Crippen molar-refractivity contribution < 1.29 is 18.2 Å². The number of carbonyl (C=O) groups excluding carboxylic acids is 1. The zero-order chi connectivity index (χ0) is 22.0. The highest BCUT2D eigenvalue weighted by Crippen LogP contribution is 2.26. The number of nitrogen functional groups attached to an aromatic ring is 1. The molecule has 156 valence electrons. The Kier molecular flexibility index (Phi) is 5.18. The molecule has 4 rings (SSSR count). The number of aromatic nitrogens is 5. The van der Waals surface area contributed by atoms with Crippen molar-refractivity contribution in [1.29, 1.82) is 0 Å². The predicted octanol–water partition coefficient (Wildman–Crippen LogP) is 2.25. The third kappa shape index (κ3) is 3.99. The summed E-state index contributed by atoms with van der Waals surface area (Å²) < 4.78 is 32.8. The topological polar surface area (TPSA) is 137 Å². The average Bonchev–Trinajstić information content (AvgIpc) is 3.37. The van der Waals surface area contributed by atoms with E-state index >= 15 is 0 Å². The third-order valence-electron chi connectivity index (χ3n) is 4.23. The van der Waals surface area contributed by atoms with Crippen LogP contribution < -0.4 is 11.2 Å². The van der Waals surface area contributed by atoms with Crippen LogP contribution in [0.2, 0.25) is 0 Å². The molecule has 2 heterocycles. The van der Waals surface area contributed by atoms with Gasteiger partial charge in [0.15, 0.2) is 5.69 Å². The number of halogens is 2. The lowest BCUT2D eigenvalue weighted by Crippen LogP contribution is -2.19. The first-order valence-electron chi connectivity index (χ1n) is 8.83. The van der Waals surface area contributed by atoms with Crippen LogP contribution in [-0.2, 0) is 0 Å². The third-order valence-corrected chi connectivity index (χ3v) is 4.23. The van der Waals surface area contributed by atoms with Gasteiger partial charge in [0.25, 0.3) is 5.91 Å². The smallest absolute Gasteiger partial charge is 0.294 e. The van der Waals surface area contributed by atoms with Crippen LogP contribution >= 0.6 is 0 Å². The summed E-state index contributed by atoms with van der Waals surface area (Å²) in [5.41, 5.74) is 9.58. The Hall–Kier alpha value is -4.48. The number of benzene rings is 2. The van der Waals surface area contributed by atoms with E-state index in [2.05, 4.69) is 35.8 Å². The molecule has 0 fully saturated rings. The van der Waals surface area contributed by atoms with Crippen LogP contribution in [0.5, 0.6) is 0 Å². The summed E-state index contributed by atoms with van der Waals surface area (Å²) in [5, 5.41) is 18.7. The SMILES string of the molecule is Cc1ccc(-c2c(C(=O)N/N=C\c3cc(F)ccc3F)nnn2-c2nonc2N)cc1. The molecule has 3 N–H and O–H groups in total. The Morgan fingerprint density at radius 3 is 2.68 bits per heavy atom. The van der Waals surface area contributed by atoms with Gasteiger partial charge in [-0.1, -0.05) is 35.0 Å². The Morgan fingerprint density at radius 2 is 1.97 bits per heavy atom. The normalized spacial score (nSPS) is 11.2. The molecule has 0 saturated carbocycles. The molecule has 0 radical (unpaired) electrons. The zero-order valence-corrected chi connectivity index (χ0v) is 16.0. The Bertz CT molecular complexity index is 1280. The Morgan fingerprint density at radius 1 is 1.19 bits per heavy atom. The number of nitrogens with zero attached hydrogens (tertiary/aromatic N) is 6. The van der Waals surface area contributed by atoms with E-state index in [-0.39, 0.29) is 28.6 Å². The molecule has 0 atom stereocenters. The standard InChI is InChI=1S/C19H14F2N8O2/c1-10-2-4-11(5-3-10)16-15(24-28-29(16)18-17(22)26-31-27-18)19(30)25-23-9-12-8-13(20)6-7-14(12)21/h2-9H,1H3,(H2,22,26)(H,25,30)/b23-9-. The molecule has 4 aromatic rings. The molecule has 0 aliphatic carbocycles. The molecule has 31 heavy (non-hydrogen) atoms. The van der Waals surface area contributed by atoms with Gasteiger partial charge >= 0.3 is 0 Å². The van der Waals surface area contributed by atoms with E-state index < -0.39 is 17.5 Å². The molecule has 0 bridgehead atoms. The molecular formula is C19H14F2N8O2. The number of hydrogen-bond acceptors (Lipinski definition) is 8. The van der Waals surface area contributed by atoms with Crippen molar-refractivity contribution in [2.24, 2.45) is 5.10 Å². The highest BCUT2D eigenvalue weighted by molar-refractivity contribution is 5.98. The fourth-order valence-corrected chi connectivity index (χ4v) is 2.72. The summed E-state index contributed by atoms with van der Waals surface area (Å²) in [5.74, 6) is -2.08. The van der Waals surface area contributed by atoms with E-state index in [0.29, 0.717) is 5.56 Å². The van der Waals surface area contributed by atoms with Crippen LogP contribution in [-0.4, -0.2) is 37.4 Å². The molecule has 10 nitrogen and oxygen atoms in total. The second-order valence-corrected chi connectivity index (χ2v) is 6.40. The number of carbonyl (C=O) groups is 1. The molecule has 0 spiro atoms. The highest BCUT2D eigenvalue weighted by Gasteiger charge is 2.25. The quantitative estimate of drug-likeness (QED) is 0.370. The summed E-state index contributed by atoms with van der Waals surface area (Å²) in [4.78, 5) is 12.7. The fourth-order valence-electron chi connectivity index (χ4n) is 2.72. The van der Waals surface area contributed by atoms with Crippen molar-refractivity contribution in [1.82, 2.24) is 30.7 Å². The lowest BCUT2D eigenvalue weighted by molar-refractivity contribution is 0.0950. The minimum Gasteiger partial charge on any atom is -0.378 e.